The fraction of sp³-hybridized carbons (Fsp3) is 0.400. The lowest BCUT2D eigenvalue weighted by Gasteiger charge is -2.14. The minimum absolute atomic E-state index is 0.431. The largest absolute Gasteiger partial charge is 0.487 e. The van der Waals surface area contributed by atoms with Crippen LogP contribution in [0.2, 0.25) is 5.02 Å². The zero-order valence-electron chi connectivity index (χ0n) is 12.1. The summed E-state index contributed by atoms with van der Waals surface area (Å²) in [6.45, 7) is 1.86. The molecular weight excluding hydrogens is 294 g/mol. The van der Waals surface area contributed by atoms with Gasteiger partial charge in [-0.05, 0) is 12.1 Å². The molecule has 2 rings (SSSR count). The average Bonchev–Trinajstić information content (AvgIpc) is 2.49. The van der Waals surface area contributed by atoms with Gasteiger partial charge in [-0.2, -0.15) is 0 Å². The number of methoxy groups -OCH3 is 2. The van der Waals surface area contributed by atoms with Gasteiger partial charge in [-0.1, -0.05) is 11.6 Å². The van der Waals surface area contributed by atoms with Crippen LogP contribution in [0.4, 0.5) is 0 Å². The molecule has 5 nitrogen and oxygen atoms in total. The molecule has 0 N–H and O–H groups in total. The number of aromatic nitrogens is 1. The van der Waals surface area contributed by atoms with Crippen molar-refractivity contribution in [3.8, 4) is 11.5 Å². The van der Waals surface area contributed by atoms with Crippen molar-refractivity contribution >= 4 is 22.5 Å². The monoisotopic (exact) mass is 311 g/mol. The third-order valence-electron chi connectivity index (χ3n) is 2.84. The number of ether oxygens (including phenoxy) is 4. The maximum Gasteiger partial charge on any atom is 0.163 e. The van der Waals surface area contributed by atoms with Crippen LogP contribution in [0, 0.1) is 0 Å². The van der Waals surface area contributed by atoms with Crippen LogP contribution in [0.1, 0.15) is 0 Å². The van der Waals surface area contributed by atoms with Crippen molar-refractivity contribution < 1.29 is 18.9 Å². The Labute approximate surface area is 128 Å². The van der Waals surface area contributed by atoms with E-state index in [2.05, 4.69) is 4.98 Å². The molecule has 0 aliphatic carbocycles. The molecule has 0 amide bonds. The minimum Gasteiger partial charge on any atom is -0.487 e. The van der Waals surface area contributed by atoms with Crippen LogP contribution in [-0.2, 0) is 9.47 Å². The second kappa shape index (κ2) is 8.02. The van der Waals surface area contributed by atoms with Gasteiger partial charge >= 0.3 is 0 Å². The molecule has 6 heteroatoms. The molecule has 0 saturated carbocycles. The zero-order valence-corrected chi connectivity index (χ0v) is 12.9. The Morgan fingerprint density at radius 3 is 2.19 bits per heavy atom. The number of halogens is 1. The predicted molar refractivity (Wildman–Crippen MR) is 81.5 cm³/mol. The third-order valence-corrected chi connectivity index (χ3v) is 3.17. The first-order chi connectivity index (χ1) is 10.3. The molecule has 2 aromatic rings. The van der Waals surface area contributed by atoms with Gasteiger partial charge in [0.25, 0.3) is 0 Å². The van der Waals surface area contributed by atoms with E-state index in [1.807, 2.05) is 12.1 Å². The number of pyridine rings is 1. The molecule has 1 aromatic heterocycles. The van der Waals surface area contributed by atoms with Crippen LogP contribution in [0.25, 0.3) is 10.9 Å². The van der Waals surface area contributed by atoms with E-state index in [1.54, 1.807) is 26.5 Å². The van der Waals surface area contributed by atoms with Crippen molar-refractivity contribution in [3.63, 3.8) is 0 Å². The smallest absolute Gasteiger partial charge is 0.163 e. The highest BCUT2D eigenvalue weighted by molar-refractivity contribution is 6.35. The van der Waals surface area contributed by atoms with E-state index < -0.39 is 0 Å². The Kier molecular flexibility index (Phi) is 6.04. The predicted octanol–water partition coefficient (Wildman–Crippen LogP) is 2.94. The van der Waals surface area contributed by atoms with Gasteiger partial charge in [0, 0.05) is 31.9 Å². The highest BCUT2D eigenvalue weighted by Gasteiger charge is 2.10. The van der Waals surface area contributed by atoms with Gasteiger partial charge in [0.05, 0.1) is 23.8 Å². The van der Waals surface area contributed by atoms with Gasteiger partial charge in [-0.3, -0.25) is 4.98 Å². The molecule has 0 saturated heterocycles. The summed E-state index contributed by atoms with van der Waals surface area (Å²) < 4.78 is 21.4. The summed E-state index contributed by atoms with van der Waals surface area (Å²) in [5.41, 5.74) is 0.758. The normalized spacial score (nSPS) is 10.8. The second-order valence-corrected chi connectivity index (χ2v) is 4.70. The van der Waals surface area contributed by atoms with Gasteiger partial charge in [-0.25, -0.2) is 0 Å². The van der Waals surface area contributed by atoms with Crippen molar-refractivity contribution in [2.45, 2.75) is 0 Å². The van der Waals surface area contributed by atoms with Gasteiger partial charge < -0.3 is 18.9 Å². The van der Waals surface area contributed by atoms with E-state index in [1.165, 1.54) is 0 Å². The summed E-state index contributed by atoms with van der Waals surface area (Å²) in [5.74, 6) is 1.23. The number of hydrogen-bond donors (Lipinski definition) is 0. The Bertz CT molecular complexity index is 591. The van der Waals surface area contributed by atoms with Gasteiger partial charge in [-0.15, -0.1) is 0 Å². The zero-order chi connectivity index (χ0) is 15.1. The third kappa shape index (κ3) is 4.20. The van der Waals surface area contributed by atoms with Crippen molar-refractivity contribution in [2.24, 2.45) is 0 Å². The van der Waals surface area contributed by atoms with Gasteiger partial charge in [0.2, 0.25) is 0 Å². The second-order valence-electron chi connectivity index (χ2n) is 4.29. The maximum absolute atomic E-state index is 6.19. The summed E-state index contributed by atoms with van der Waals surface area (Å²) >= 11 is 6.19. The Morgan fingerprint density at radius 1 is 0.952 bits per heavy atom. The summed E-state index contributed by atoms with van der Waals surface area (Å²) in [7, 11) is 3.25. The van der Waals surface area contributed by atoms with Gasteiger partial charge in [0.1, 0.15) is 13.2 Å². The fourth-order valence-corrected chi connectivity index (χ4v) is 2.02. The van der Waals surface area contributed by atoms with E-state index in [9.17, 15) is 0 Å². The molecule has 0 spiro atoms. The van der Waals surface area contributed by atoms with Crippen molar-refractivity contribution in [2.75, 3.05) is 40.6 Å². The highest BCUT2D eigenvalue weighted by Crippen LogP contribution is 2.34. The van der Waals surface area contributed by atoms with Gasteiger partial charge in [0.15, 0.2) is 11.5 Å². The summed E-state index contributed by atoms with van der Waals surface area (Å²) in [6.07, 6.45) is 1.66. The molecule has 0 aliphatic rings. The molecule has 0 bridgehead atoms. The molecule has 0 aliphatic heterocycles. The summed E-state index contributed by atoms with van der Waals surface area (Å²) in [4.78, 5) is 4.29. The van der Waals surface area contributed by atoms with E-state index in [-0.39, 0.29) is 0 Å². The summed E-state index contributed by atoms with van der Waals surface area (Å²) in [6, 6.07) is 5.40. The first-order valence-electron chi connectivity index (χ1n) is 6.58. The Morgan fingerprint density at radius 2 is 1.57 bits per heavy atom. The SMILES string of the molecule is COCCOc1cc2nccc(Cl)c2cc1OCCOC. The fourth-order valence-electron chi connectivity index (χ4n) is 1.82. The first-order valence-corrected chi connectivity index (χ1v) is 6.95. The first kappa shape index (κ1) is 15.8. The molecule has 21 heavy (non-hydrogen) atoms. The topological polar surface area (TPSA) is 49.8 Å². The van der Waals surface area contributed by atoms with E-state index in [4.69, 9.17) is 30.5 Å². The van der Waals surface area contributed by atoms with Crippen LogP contribution < -0.4 is 9.47 Å². The number of hydrogen-bond acceptors (Lipinski definition) is 5. The van der Waals surface area contributed by atoms with E-state index in [0.717, 1.165) is 10.9 Å². The van der Waals surface area contributed by atoms with E-state index in [0.29, 0.717) is 42.9 Å². The van der Waals surface area contributed by atoms with Crippen LogP contribution in [0.3, 0.4) is 0 Å². The van der Waals surface area contributed by atoms with Crippen LogP contribution in [0.15, 0.2) is 24.4 Å². The summed E-state index contributed by atoms with van der Waals surface area (Å²) in [5, 5.41) is 1.45. The van der Waals surface area contributed by atoms with Crippen molar-refractivity contribution in [1.29, 1.82) is 0 Å². The Balaban J connectivity index is 2.29. The minimum atomic E-state index is 0.431. The number of rotatable bonds is 8. The molecule has 0 atom stereocenters. The molecule has 1 heterocycles. The average molecular weight is 312 g/mol. The van der Waals surface area contributed by atoms with Crippen LogP contribution in [-0.4, -0.2) is 45.6 Å². The number of nitrogens with zero attached hydrogens (tertiary/aromatic N) is 1. The van der Waals surface area contributed by atoms with Crippen molar-refractivity contribution in [3.05, 3.63) is 29.4 Å². The number of fused-ring (bicyclic) bond motifs is 1. The molecule has 0 unspecified atom stereocenters. The molecule has 0 radical (unpaired) electrons. The van der Waals surface area contributed by atoms with Crippen LogP contribution in [0.5, 0.6) is 11.5 Å². The molecule has 114 valence electrons. The Hall–Kier alpha value is -1.56. The van der Waals surface area contributed by atoms with Crippen LogP contribution >= 0.6 is 11.6 Å². The molecular formula is C15H18ClNO4. The lowest BCUT2D eigenvalue weighted by atomic mass is 10.2. The molecule has 0 fully saturated rings. The van der Waals surface area contributed by atoms with E-state index >= 15 is 0 Å². The quantitative estimate of drug-likeness (QED) is 0.702. The lowest BCUT2D eigenvalue weighted by Crippen LogP contribution is -2.08. The highest BCUT2D eigenvalue weighted by atomic mass is 35.5. The van der Waals surface area contributed by atoms with Crippen molar-refractivity contribution in [1.82, 2.24) is 4.98 Å². The maximum atomic E-state index is 6.19. The molecule has 1 aromatic carbocycles. The number of benzene rings is 1. The standard InChI is InChI=1S/C15H18ClNO4/c1-18-5-7-20-14-9-11-12(16)3-4-17-13(11)10-15(14)21-8-6-19-2/h3-4,9-10H,5-8H2,1-2H3. The lowest BCUT2D eigenvalue weighted by molar-refractivity contribution is 0.132.